The lowest BCUT2D eigenvalue weighted by Crippen LogP contribution is -2.24. The Labute approximate surface area is 225 Å². The third kappa shape index (κ3) is 7.17. The number of hydrogen-bond donors (Lipinski definition) is 1. The van der Waals surface area contributed by atoms with Gasteiger partial charge in [0, 0.05) is 42.0 Å². The van der Waals surface area contributed by atoms with Gasteiger partial charge in [0.25, 0.3) is 5.91 Å². The first-order valence-electron chi connectivity index (χ1n) is 12.0. The van der Waals surface area contributed by atoms with Crippen LogP contribution in [0.2, 0.25) is 5.02 Å². The summed E-state index contributed by atoms with van der Waals surface area (Å²) in [6, 6.07) is 9.61. The van der Waals surface area contributed by atoms with E-state index in [9.17, 15) is 18.0 Å². The fourth-order valence-electron chi connectivity index (χ4n) is 3.97. The monoisotopic (exact) mass is 549 g/mol. The van der Waals surface area contributed by atoms with Gasteiger partial charge in [0.1, 0.15) is 17.2 Å². The number of benzene rings is 2. The minimum absolute atomic E-state index is 0.202. The standard InChI is InChI=1S/C28H31ClF3N3O3/c1-17-8-6-9-24(37-5)22(17)16-34-27(36)20-13-19(21-15-33-26(12-18(21)2)28(30,31)32)23(29)14-25(20)38-11-7-10-35(3)4/h6,8-9,12-15H,7,10-11,16H2,1-5H3,(H,34,36). The second kappa shape index (κ2) is 12.5. The largest absolute Gasteiger partial charge is 0.496 e. The van der Waals surface area contributed by atoms with Crippen LogP contribution in [0.5, 0.6) is 11.5 Å². The van der Waals surface area contributed by atoms with Gasteiger partial charge in [0.2, 0.25) is 0 Å². The summed E-state index contributed by atoms with van der Waals surface area (Å²) in [6.45, 7) is 4.80. The van der Waals surface area contributed by atoms with Gasteiger partial charge in [0.05, 0.1) is 24.3 Å². The fourth-order valence-corrected chi connectivity index (χ4v) is 4.23. The maximum atomic E-state index is 13.4. The molecule has 0 aliphatic rings. The van der Waals surface area contributed by atoms with Gasteiger partial charge in [-0.2, -0.15) is 13.2 Å². The molecule has 3 rings (SSSR count). The zero-order valence-electron chi connectivity index (χ0n) is 22.0. The second-order valence-electron chi connectivity index (χ2n) is 9.15. The predicted molar refractivity (Wildman–Crippen MR) is 142 cm³/mol. The number of carbonyl (C=O) groups is 1. The molecule has 0 spiro atoms. The summed E-state index contributed by atoms with van der Waals surface area (Å²) in [7, 11) is 5.46. The third-order valence-corrected chi connectivity index (χ3v) is 6.34. The van der Waals surface area contributed by atoms with Crippen molar-refractivity contribution in [2.75, 3.05) is 34.4 Å². The summed E-state index contributed by atoms with van der Waals surface area (Å²) in [4.78, 5) is 19.0. The molecule has 1 aromatic heterocycles. The molecule has 0 saturated carbocycles. The molecule has 0 radical (unpaired) electrons. The molecule has 0 aliphatic heterocycles. The molecule has 2 aromatic carbocycles. The minimum atomic E-state index is -4.57. The quantitative estimate of drug-likeness (QED) is 0.300. The van der Waals surface area contributed by atoms with Crippen molar-refractivity contribution in [2.24, 2.45) is 0 Å². The highest BCUT2D eigenvalue weighted by Gasteiger charge is 2.33. The van der Waals surface area contributed by atoms with Crippen LogP contribution in [0.15, 0.2) is 42.6 Å². The second-order valence-corrected chi connectivity index (χ2v) is 9.56. The Bertz CT molecular complexity index is 1300. The Kier molecular flexibility index (Phi) is 9.62. The number of amides is 1. The van der Waals surface area contributed by atoms with Gasteiger partial charge in [-0.15, -0.1) is 0 Å². The van der Waals surface area contributed by atoms with E-state index in [-0.39, 0.29) is 22.9 Å². The zero-order chi connectivity index (χ0) is 28.0. The maximum Gasteiger partial charge on any atom is 0.433 e. The van der Waals surface area contributed by atoms with Crippen molar-refractivity contribution in [3.8, 4) is 22.6 Å². The van der Waals surface area contributed by atoms with Crippen molar-refractivity contribution >= 4 is 17.5 Å². The Hall–Kier alpha value is -3.30. The van der Waals surface area contributed by atoms with Crippen LogP contribution >= 0.6 is 11.6 Å². The number of methoxy groups -OCH3 is 1. The van der Waals surface area contributed by atoms with E-state index in [2.05, 4.69) is 10.3 Å². The van der Waals surface area contributed by atoms with Crippen molar-refractivity contribution in [2.45, 2.75) is 33.0 Å². The first-order chi connectivity index (χ1) is 17.9. The van der Waals surface area contributed by atoms with Crippen LogP contribution in [0.1, 0.15) is 39.2 Å². The minimum Gasteiger partial charge on any atom is -0.496 e. The summed E-state index contributed by atoms with van der Waals surface area (Å²) >= 11 is 6.55. The van der Waals surface area contributed by atoms with E-state index in [1.165, 1.54) is 12.1 Å². The summed E-state index contributed by atoms with van der Waals surface area (Å²) in [5.74, 6) is 0.506. The Morgan fingerprint density at radius 1 is 1.08 bits per heavy atom. The predicted octanol–water partition coefficient (Wildman–Crippen LogP) is 6.31. The van der Waals surface area contributed by atoms with Crippen molar-refractivity contribution in [3.05, 3.63) is 75.6 Å². The van der Waals surface area contributed by atoms with E-state index in [1.807, 2.05) is 44.1 Å². The molecule has 204 valence electrons. The van der Waals surface area contributed by atoms with Gasteiger partial charge < -0.3 is 19.7 Å². The van der Waals surface area contributed by atoms with E-state index in [0.29, 0.717) is 29.0 Å². The molecule has 38 heavy (non-hydrogen) atoms. The summed E-state index contributed by atoms with van der Waals surface area (Å²) in [6.07, 6.45) is -2.73. The zero-order valence-corrected chi connectivity index (χ0v) is 22.8. The van der Waals surface area contributed by atoms with Gasteiger partial charge in [-0.25, -0.2) is 0 Å². The molecule has 0 unspecified atom stereocenters. The number of halogens is 4. The highest BCUT2D eigenvalue weighted by atomic mass is 35.5. The van der Waals surface area contributed by atoms with Crippen LogP contribution in [-0.4, -0.2) is 50.1 Å². The van der Waals surface area contributed by atoms with E-state index in [0.717, 1.165) is 36.4 Å². The van der Waals surface area contributed by atoms with Crippen molar-refractivity contribution in [1.82, 2.24) is 15.2 Å². The maximum absolute atomic E-state index is 13.4. The highest BCUT2D eigenvalue weighted by molar-refractivity contribution is 6.33. The van der Waals surface area contributed by atoms with E-state index in [1.54, 1.807) is 14.0 Å². The molecule has 1 amide bonds. The molecule has 10 heteroatoms. The van der Waals surface area contributed by atoms with E-state index < -0.39 is 17.8 Å². The number of hydrogen-bond acceptors (Lipinski definition) is 5. The summed E-state index contributed by atoms with van der Waals surface area (Å²) in [5.41, 5.74) is 2.08. The Morgan fingerprint density at radius 2 is 1.82 bits per heavy atom. The number of aromatic nitrogens is 1. The number of nitrogens with zero attached hydrogens (tertiary/aromatic N) is 2. The molecule has 0 atom stereocenters. The lowest BCUT2D eigenvalue weighted by atomic mass is 9.99. The van der Waals surface area contributed by atoms with Crippen LogP contribution in [0.25, 0.3) is 11.1 Å². The number of nitrogens with one attached hydrogen (secondary N) is 1. The molecule has 1 heterocycles. The van der Waals surface area contributed by atoms with Crippen LogP contribution in [-0.2, 0) is 12.7 Å². The van der Waals surface area contributed by atoms with Gasteiger partial charge in [-0.3, -0.25) is 9.78 Å². The van der Waals surface area contributed by atoms with Gasteiger partial charge in [-0.05, 0) is 63.7 Å². The SMILES string of the molecule is COc1cccc(C)c1CNC(=O)c1cc(-c2cnc(C(F)(F)F)cc2C)c(Cl)cc1OCCCN(C)C. The number of ether oxygens (including phenoxy) is 2. The summed E-state index contributed by atoms with van der Waals surface area (Å²) in [5, 5.41) is 3.14. The molecular weight excluding hydrogens is 519 g/mol. The smallest absolute Gasteiger partial charge is 0.433 e. The van der Waals surface area contributed by atoms with Crippen molar-refractivity contribution in [3.63, 3.8) is 0 Å². The van der Waals surface area contributed by atoms with Crippen LogP contribution in [0.3, 0.4) is 0 Å². The number of carbonyl (C=O) groups excluding carboxylic acids is 1. The molecule has 6 nitrogen and oxygen atoms in total. The first kappa shape index (κ1) is 29.3. The Balaban J connectivity index is 1.98. The lowest BCUT2D eigenvalue weighted by molar-refractivity contribution is -0.141. The summed E-state index contributed by atoms with van der Waals surface area (Å²) < 4.78 is 50.8. The Morgan fingerprint density at radius 3 is 2.45 bits per heavy atom. The fraction of sp³-hybridized carbons (Fsp3) is 0.357. The molecule has 3 aromatic rings. The average molecular weight is 550 g/mol. The van der Waals surface area contributed by atoms with Gasteiger partial charge in [0.15, 0.2) is 0 Å². The molecule has 0 bridgehead atoms. The van der Waals surface area contributed by atoms with Gasteiger partial charge in [-0.1, -0.05) is 23.7 Å². The lowest BCUT2D eigenvalue weighted by Gasteiger charge is -2.18. The average Bonchev–Trinajstić information content (AvgIpc) is 2.85. The molecular formula is C28H31ClF3N3O3. The van der Waals surface area contributed by atoms with E-state index in [4.69, 9.17) is 21.1 Å². The number of alkyl halides is 3. The number of pyridine rings is 1. The molecule has 0 aliphatic carbocycles. The number of rotatable bonds is 10. The van der Waals surface area contributed by atoms with Crippen molar-refractivity contribution < 1.29 is 27.4 Å². The molecule has 0 fully saturated rings. The molecule has 0 saturated heterocycles. The third-order valence-electron chi connectivity index (χ3n) is 6.03. The normalized spacial score (nSPS) is 11.5. The topological polar surface area (TPSA) is 63.7 Å². The van der Waals surface area contributed by atoms with Crippen LogP contribution in [0, 0.1) is 13.8 Å². The number of aryl methyl sites for hydroxylation is 2. The van der Waals surface area contributed by atoms with Crippen LogP contribution in [0.4, 0.5) is 13.2 Å². The van der Waals surface area contributed by atoms with E-state index >= 15 is 0 Å². The van der Waals surface area contributed by atoms with Crippen LogP contribution < -0.4 is 14.8 Å². The molecule has 1 N–H and O–H groups in total. The van der Waals surface area contributed by atoms with Gasteiger partial charge >= 0.3 is 6.18 Å². The first-order valence-corrected chi connectivity index (χ1v) is 12.4. The highest BCUT2D eigenvalue weighted by Crippen LogP contribution is 2.37. The van der Waals surface area contributed by atoms with Crippen molar-refractivity contribution in [1.29, 1.82) is 0 Å².